The summed E-state index contributed by atoms with van der Waals surface area (Å²) in [5, 5.41) is 3.15. The van der Waals surface area contributed by atoms with Gasteiger partial charge in [0.2, 0.25) is 0 Å². The van der Waals surface area contributed by atoms with Crippen molar-refractivity contribution in [2.24, 2.45) is 5.92 Å². The molecule has 0 radical (unpaired) electrons. The highest BCUT2D eigenvalue weighted by Gasteiger charge is 2.23. The Bertz CT molecular complexity index is 405. The molecule has 0 unspecified atom stereocenters. The highest BCUT2D eigenvalue weighted by Crippen LogP contribution is 2.24. The number of nitrogens with one attached hydrogen (secondary N) is 1. The van der Waals surface area contributed by atoms with Gasteiger partial charge in [-0.1, -0.05) is 41.8 Å². The van der Waals surface area contributed by atoms with Gasteiger partial charge in [0.05, 0.1) is 0 Å². The van der Waals surface area contributed by atoms with Crippen LogP contribution in [0.3, 0.4) is 0 Å². The third-order valence-corrected chi connectivity index (χ3v) is 4.01. The second-order valence-electron chi connectivity index (χ2n) is 4.85. The Morgan fingerprint density at radius 1 is 1.35 bits per heavy atom. The third kappa shape index (κ3) is 3.32. The zero-order valence-electron chi connectivity index (χ0n) is 10.1. The van der Waals surface area contributed by atoms with Crippen LogP contribution in [-0.2, 0) is 0 Å². The number of carbonyl (C=O) groups is 1. The molecule has 1 aromatic carbocycles. The van der Waals surface area contributed by atoms with Gasteiger partial charge >= 0.3 is 0 Å². The summed E-state index contributed by atoms with van der Waals surface area (Å²) in [6.07, 6.45) is 4.86. The number of halogens is 1. The van der Waals surface area contributed by atoms with Crippen molar-refractivity contribution in [2.75, 3.05) is 0 Å². The Balaban J connectivity index is 2.01. The molecule has 0 aliphatic heterocycles. The molecule has 0 saturated heterocycles. The highest BCUT2D eigenvalue weighted by molar-refractivity contribution is 9.10. The molecular formula is C14H18BrNO. The summed E-state index contributed by atoms with van der Waals surface area (Å²) < 4.78 is 0.946. The molecular weight excluding hydrogens is 278 g/mol. The highest BCUT2D eigenvalue weighted by atomic mass is 79.9. The van der Waals surface area contributed by atoms with Crippen molar-refractivity contribution in [1.29, 1.82) is 0 Å². The number of hydrogen-bond donors (Lipinski definition) is 1. The zero-order chi connectivity index (χ0) is 12.3. The maximum atomic E-state index is 12.1. The normalized spacial score (nSPS) is 24.4. The van der Waals surface area contributed by atoms with Gasteiger partial charge in [0.1, 0.15) is 0 Å². The Labute approximate surface area is 111 Å². The van der Waals surface area contributed by atoms with Gasteiger partial charge in [0.15, 0.2) is 0 Å². The smallest absolute Gasteiger partial charge is 0.251 e. The van der Waals surface area contributed by atoms with Gasteiger partial charge in [0.25, 0.3) is 5.91 Å². The van der Waals surface area contributed by atoms with E-state index in [1.165, 1.54) is 19.3 Å². The number of carbonyl (C=O) groups excluding carboxylic acids is 1. The van der Waals surface area contributed by atoms with Crippen LogP contribution in [0.1, 0.15) is 43.0 Å². The molecule has 0 spiro atoms. The summed E-state index contributed by atoms with van der Waals surface area (Å²) in [7, 11) is 0. The van der Waals surface area contributed by atoms with Crippen LogP contribution in [0.2, 0.25) is 0 Å². The third-order valence-electron chi connectivity index (χ3n) is 3.51. The summed E-state index contributed by atoms with van der Waals surface area (Å²) in [6.45, 7) is 2.23. The fourth-order valence-corrected chi connectivity index (χ4v) is 2.81. The van der Waals surface area contributed by atoms with E-state index in [1.807, 2.05) is 24.3 Å². The van der Waals surface area contributed by atoms with Gasteiger partial charge in [-0.2, -0.15) is 0 Å². The van der Waals surface area contributed by atoms with E-state index < -0.39 is 0 Å². The summed E-state index contributed by atoms with van der Waals surface area (Å²) in [5.41, 5.74) is 0.733. The SMILES string of the molecule is C[C@H]1CCCC[C@H]1NC(=O)c1cccc(Br)c1. The van der Waals surface area contributed by atoms with Crippen molar-refractivity contribution in [3.63, 3.8) is 0 Å². The number of benzene rings is 1. The van der Waals surface area contributed by atoms with Gasteiger partial charge in [-0.15, -0.1) is 0 Å². The van der Waals surface area contributed by atoms with Crippen molar-refractivity contribution in [3.8, 4) is 0 Å². The maximum absolute atomic E-state index is 12.1. The van der Waals surface area contributed by atoms with Crippen LogP contribution in [0.5, 0.6) is 0 Å². The van der Waals surface area contributed by atoms with Gasteiger partial charge in [-0.05, 0) is 37.0 Å². The Kier molecular flexibility index (Phi) is 4.21. The quantitative estimate of drug-likeness (QED) is 0.884. The van der Waals surface area contributed by atoms with Crippen molar-refractivity contribution >= 4 is 21.8 Å². The lowest BCUT2D eigenvalue weighted by Crippen LogP contribution is -2.41. The van der Waals surface area contributed by atoms with Crippen LogP contribution < -0.4 is 5.32 Å². The predicted molar refractivity (Wildman–Crippen MR) is 73.0 cm³/mol. The van der Waals surface area contributed by atoms with Crippen LogP contribution in [0.4, 0.5) is 0 Å². The molecule has 3 heteroatoms. The lowest BCUT2D eigenvalue weighted by Gasteiger charge is -2.29. The zero-order valence-corrected chi connectivity index (χ0v) is 11.7. The Morgan fingerprint density at radius 3 is 2.82 bits per heavy atom. The molecule has 1 aliphatic rings. The summed E-state index contributed by atoms with van der Waals surface area (Å²) >= 11 is 3.39. The summed E-state index contributed by atoms with van der Waals surface area (Å²) in [4.78, 5) is 12.1. The average Bonchev–Trinajstić information content (AvgIpc) is 2.32. The first-order valence-electron chi connectivity index (χ1n) is 6.23. The molecule has 1 aliphatic carbocycles. The number of hydrogen-bond acceptors (Lipinski definition) is 1. The van der Waals surface area contributed by atoms with E-state index >= 15 is 0 Å². The molecule has 2 rings (SSSR count). The molecule has 1 N–H and O–H groups in total. The van der Waals surface area contributed by atoms with E-state index in [0.29, 0.717) is 12.0 Å². The average molecular weight is 296 g/mol. The molecule has 2 atom stereocenters. The van der Waals surface area contributed by atoms with E-state index in [1.54, 1.807) is 0 Å². The minimum absolute atomic E-state index is 0.0463. The maximum Gasteiger partial charge on any atom is 0.251 e. The van der Waals surface area contributed by atoms with Gasteiger partial charge in [-0.3, -0.25) is 4.79 Å². The lowest BCUT2D eigenvalue weighted by atomic mass is 9.86. The number of amides is 1. The van der Waals surface area contributed by atoms with E-state index in [2.05, 4.69) is 28.2 Å². The van der Waals surface area contributed by atoms with Crippen molar-refractivity contribution < 1.29 is 4.79 Å². The van der Waals surface area contributed by atoms with Gasteiger partial charge in [0, 0.05) is 16.1 Å². The standard InChI is InChI=1S/C14H18BrNO/c1-10-5-2-3-8-13(10)16-14(17)11-6-4-7-12(15)9-11/h4,6-7,9-10,13H,2-3,5,8H2,1H3,(H,16,17)/t10-,13+/m0/s1. The summed E-state index contributed by atoms with van der Waals surface area (Å²) in [5.74, 6) is 0.643. The van der Waals surface area contributed by atoms with E-state index in [-0.39, 0.29) is 5.91 Å². The first-order valence-corrected chi connectivity index (χ1v) is 7.02. The van der Waals surface area contributed by atoms with Crippen LogP contribution in [-0.4, -0.2) is 11.9 Å². The monoisotopic (exact) mass is 295 g/mol. The van der Waals surface area contributed by atoms with Crippen molar-refractivity contribution in [1.82, 2.24) is 5.32 Å². The first-order chi connectivity index (χ1) is 8.16. The van der Waals surface area contributed by atoms with Crippen molar-refractivity contribution in [2.45, 2.75) is 38.6 Å². The molecule has 17 heavy (non-hydrogen) atoms. The topological polar surface area (TPSA) is 29.1 Å². The van der Waals surface area contributed by atoms with Crippen LogP contribution in [0, 0.1) is 5.92 Å². The van der Waals surface area contributed by atoms with E-state index in [4.69, 9.17) is 0 Å². The minimum Gasteiger partial charge on any atom is -0.349 e. The predicted octanol–water partition coefficient (Wildman–Crippen LogP) is 3.76. The van der Waals surface area contributed by atoms with Gasteiger partial charge < -0.3 is 5.32 Å². The van der Waals surface area contributed by atoms with Crippen LogP contribution in [0.25, 0.3) is 0 Å². The molecule has 0 aromatic heterocycles. The lowest BCUT2D eigenvalue weighted by molar-refractivity contribution is 0.0910. The molecule has 1 saturated carbocycles. The Hall–Kier alpha value is -0.830. The Morgan fingerprint density at radius 2 is 2.12 bits per heavy atom. The number of rotatable bonds is 2. The second kappa shape index (κ2) is 5.67. The van der Waals surface area contributed by atoms with E-state index in [0.717, 1.165) is 16.5 Å². The molecule has 2 nitrogen and oxygen atoms in total. The molecule has 92 valence electrons. The second-order valence-corrected chi connectivity index (χ2v) is 5.77. The molecule has 1 amide bonds. The largest absolute Gasteiger partial charge is 0.349 e. The van der Waals surface area contributed by atoms with E-state index in [9.17, 15) is 4.79 Å². The molecule has 1 aromatic rings. The summed E-state index contributed by atoms with van der Waals surface area (Å²) in [6, 6.07) is 7.88. The minimum atomic E-state index is 0.0463. The molecule has 0 bridgehead atoms. The first kappa shape index (κ1) is 12.6. The van der Waals surface area contributed by atoms with Crippen LogP contribution >= 0.6 is 15.9 Å². The van der Waals surface area contributed by atoms with Gasteiger partial charge in [-0.25, -0.2) is 0 Å². The fourth-order valence-electron chi connectivity index (χ4n) is 2.41. The van der Waals surface area contributed by atoms with Crippen molar-refractivity contribution in [3.05, 3.63) is 34.3 Å². The molecule has 1 fully saturated rings. The molecule has 0 heterocycles. The van der Waals surface area contributed by atoms with Crippen LogP contribution in [0.15, 0.2) is 28.7 Å². The fraction of sp³-hybridized carbons (Fsp3) is 0.500.